The Kier molecular flexibility index (Phi) is 3.14. The zero-order valence-corrected chi connectivity index (χ0v) is 9.28. The zero-order valence-electron chi connectivity index (χ0n) is 9.28. The predicted octanol–water partition coefficient (Wildman–Crippen LogP) is 2.98. The van der Waals surface area contributed by atoms with Gasteiger partial charge in [-0.05, 0) is 18.2 Å². The summed E-state index contributed by atoms with van der Waals surface area (Å²) < 4.78 is 45.7. The Bertz CT molecular complexity index is 524. The summed E-state index contributed by atoms with van der Waals surface area (Å²) in [7, 11) is 1.43. The molecule has 96 valence electrons. The van der Waals surface area contributed by atoms with E-state index < -0.39 is 6.36 Å². The lowest BCUT2D eigenvalue weighted by atomic mass is 10.1. The molecule has 1 aromatic heterocycles. The lowest BCUT2D eigenvalue weighted by Crippen LogP contribution is -2.17. The van der Waals surface area contributed by atoms with Crippen LogP contribution in [0.5, 0.6) is 11.5 Å². The Morgan fingerprint density at radius 2 is 2.06 bits per heavy atom. The Balaban J connectivity index is 2.46. The Morgan fingerprint density at radius 3 is 2.61 bits per heavy atom. The normalized spacial score (nSPS) is 11.3. The lowest BCUT2D eigenvalue weighted by Gasteiger charge is -2.13. The Hall–Kier alpha value is -2.18. The van der Waals surface area contributed by atoms with E-state index in [0.717, 1.165) is 0 Å². The number of methoxy groups -OCH3 is 1. The minimum atomic E-state index is -4.74. The number of aromatic nitrogens is 2. The van der Waals surface area contributed by atoms with Crippen molar-refractivity contribution in [2.24, 2.45) is 0 Å². The fraction of sp³-hybridized carbons (Fsp3) is 0.182. The van der Waals surface area contributed by atoms with Crippen molar-refractivity contribution in [2.75, 3.05) is 7.11 Å². The maximum atomic E-state index is 12.3. The number of aromatic amines is 1. The molecule has 1 heterocycles. The first kappa shape index (κ1) is 12.3. The molecular weight excluding hydrogens is 249 g/mol. The summed E-state index contributed by atoms with van der Waals surface area (Å²) in [5.41, 5.74) is 0.730. The highest BCUT2D eigenvalue weighted by Crippen LogP contribution is 2.35. The first-order valence-electron chi connectivity index (χ1n) is 4.92. The summed E-state index contributed by atoms with van der Waals surface area (Å²) in [6, 6.07) is 4.05. The van der Waals surface area contributed by atoms with Crippen LogP contribution in [-0.2, 0) is 0 Å². The average Bonchev–Trinajstić information content (AvgIpc) is 2.81. The molecule has 7 heteroatoms. The van der Waals surface area contributed by atoms with Crippen molar-refractivity contribution < 1.29 is 22.6 Å². The number of nitrogens with one attached hydrogen (secondary N) is 1. The van der Waals surface area contributed by atoms with Gasteiger partial charge in [-0.3, -0.25) is 5.10 Å². The highest BCUT2D eigenvalue weighted by molar-refractivity contribution is 5.70. The minimum absolute atomic E-state index is 0.250. The largest absolute Gasteiger partial charge is 0.573 e. The van der Waals surface area contributed by atoms with Gasteiger partial charge in [-0.2, -0.15) is 5.10 Å². The fourth-order valence-corrected chi connectivity index (χ4v) is 1.47. The van der Waals surface area contributed by atoms with Gasteiger partial charge in [0.1, 0.15) is 11.5 Å². The van der Waals surface area contributed by atoms with E-state index in [9.17, 15) is 13.2 Å². The summed E-state index contributed by atoms with van der Waals surface area (Å²) in [4.78, 5) is 0. The second-order valence-corrected chi connectivity index (χ2v) is 3.40. The molecule has 0 aliphatic carbocycles. The molecular formula is C11H9F3N2O2. The summed E-state index contributed by atoms with van der Waals surface area (Å²) in [5.74, 6) is 0.130. The second-order valence-electron chi connectivity index (χ2n) is 3.40. The molecule has 0 aliphatic heterocycles. The SMILES string of the molecule is COc1ccc(OC(F)(F)F)c(-c2cn[nH]c2)c1. The number of benzene rings is 1. The maximum Gasteiger partial charge on any atom is 0.573 e. The van der Waals surface area contributed by atoms with Crippen LogP contribution < -0.4 is 9.47 Å². The van der Waals surface area contributed by atoms with Crippen LogP contribution in [0.25, 0.3) is 11.1 Å². The number of hydrogen-bond acceptors (Lipinski definition) is 3. The third-order valence-corrected chi connectivity index (χ3v) is 2.22. The molecule has 2 aromatic rings. The van der Waals surface area contributed by atoms with Crippen molar-refractivity contribution in [3.63, 3.8) is 0 Å². The predicted molar refractivity (Wildman–Crippen MR) is 57.3 cm³/mol. The van der Waals surface area contributed by atoms with Gasteiger partial charge in [-0.1, -0.05) is 0 Å². The van der Waals surface area contributed by atoms with Gasteiger partial charge in [0.05, 0.1) is 13.3 Å². The van der Waals surface area contributed by atoms with Crippen LogP contribution in [0.4, 0.5) is 13.2 Å². The van der Waals surface area contributed by atoms with Crippen molar-refractivity contribution in [1.82, 2.24) is 10.2 Å². The molecule has 0 bridgehead atoms. The lowest BCUT2D eigenvalue weighted by molar-refractivity contribution is -0.274. The topological polar surface area (TPSA) is 47.1 Å². The summed E-state index contributed by atoms with van der Waals surface area (Å²) in [5, 5.41) is 6.22. The standard InChI is InChI=1S/C11H9F3N2O2/c1-17-8-2-3-10(18-11(12,13)14)9(4-8)7-5-15-16-6-7/h2-6H,1H3,(H,15,16). The van der Waals surface area contributed by atoms with Gasteiger partial charge in [-0.25, -0.2) is 0 Å². The average molecular weight is 258 g/mol. The molecule has 2 rings (SSSR count). The molecule has 0 fully saturated rings. The van der Waals surface area contributed by atoms with Crippen molar-refractivity contribution in [2.45, 2.75) is 6.36 Å². The van der Waals surface area contributed by atoms with Gasteiger partial charge in [0.25, 0.3) is 0 Å². The van der Waals surface area contributed by atoms with E-state index in [0.29, 0.717) is 11.3 Å². The number of halogens is 3. The third kappa shape index (κ3) is 2.73. The van der Waals surface area contributed by atoms with Crippen LogP contribution in [-0.4, -0.2) is 23.7 Å². The van der Waals surface area contributed by atoms with E-state index in [1.165, 1.54) is 37.7 Å². The number of rotatable bonds is 3. The van der Waals surface area contributed by atoms with Crippen molar-refractivity contribution in [3.05, 3.63) is 30.6 Å². The van der Waals surface area contributed by atoms with Crippen LogP contribution in [0, 0.1) is 0 Å². The Morgan fingerprint density at radius 1 is 1.28 bits per heavy atom. The number of alkyl halides is 3. The van der Waals surface area contributed by atoms with Crippen molar-refractivity contribution in [1.29, 1.82) is 0 Å². The maximum absolute atomic E-state index is 12.3. The van der Waals surface area contributed by atoms with Crippen LogP contribution in [0.3, 0.4) is 0 Å². The van der Waals surface area contributed by atoms with Crippen molar-refractivity contribution in [3.8, 4) is 22.6 Å². The smallest absolute Gasteiger partial charge is 0.497 e. The van der Waals surface area contributed by atoms with Crippen LogP contribution in [0.15, 0.2) is 30.6 Å². The molecule has 0 radical (unpaired) electrons. The molecule has 4 nitrogen and oxygen atoms in total. The van der Waals surface area contributed by atoms with Crippen LogP contribution >= 0.6 is 0 Å². The first-order valence-corrected chi connectivity index (χ1v) is 4.92. The molecule has 18 heavy (non-hydrogen) atoms. The van der Waals surface area contributed by atoms with Gasteiger partial charge >= 0.3 is 6.36 Å². The second kappa shape index (κ2) is 4.59. The van der Waals surface area contributed by atoms with Crippen LogP contribution in [0.2, 0.25) is 0 Å². The summed E-state index contributed by atoms with van der Waals surface area (Å²) in [6.45, 7) is 0. The minimum Gasteiger partial charge on any atom is -0.497 e. The van der Waals surface area contributed by atoms with Gasteiger partial charge in [-0.15, -0.1) is 13.2 Å². The molecule has 1 N–H and O–H groups in total. The molecule has 0 saturated carbocycles. The number of ether oxygens (including phenoxy) is 2. The van der Waals surface area contributed by atoms with Crippen LogP contribution in [0.1, 0.15) is 0 Å². The first-order chi connectivity index (χ1) is 8.49. The number of H-pyrrole nitrogens is 1. The van der Waals surface area contributed by atoms with E-state index in [-0.39, 0.29) is 11.3 Å². The highest BCUT2D eigenvalue weighted by Gasteiger charge is 2.32. The van der Waals surface area contributed by atoms with Gasteiger partial charge in [0.2, 0.25) is 0 Å². The monoisotopic (exact) mass is 258 g/mol. The number of nitrogens with zero attached hydrogens (tertiary/aromatic N) is 1. The Labute approximate surface area is 100 Å². The molecule has 0 spiro atoms. The zero-order chi connectivity index (χ0) is 13.2. The summed E-state index contributed by atoms with van der Waals surface area (Å²) >= 11 is 0. The van der Waals surface area contributed by atoms with E-state index in [2.05, 4.69) is 14.9 Å². The van der Waals surface area contributed by atoms with E-state index >= 15 is 0 Å². The third-order valence-electron chi connectivity index (χ3n) is 2.22. The van der Waals surface area contributed by atoms with E-state index in [4.69, 9.17) is 4.74 Å². The highest BCUT2D eigenvalue weighted by atomic mass is 19.4. The van der Waals surface area contributed by atoms with Gasteiger partial charge in [0.15, 0.2) is 0 Å². The van der Waals surface area contributed by atoms with Crippen molar-refractivity contribution >= 4 is 0 Å². The summed E-state index contributed by atoms with van der Waals surface area (Å²) in [6.07, 6.45) is -1.87. The molecule has 0 saturated heterocycles. The molecule has 0 amide bonds. The molecule has 1 aromatic carbocycles. The quantitative estimate of drug-likeness (QED) is 0.920. The van der Waals surface area contributed by atoms with Gasteiger partial charge < -0.3 is 9.47 Å². The van der Waals surface area contributed by atoms with Gasteiger partial charge in [0, 0.05) is 17.3 Å². The van der Waals surface area contributed by atoms with E-state index in [1.54, 1.807) is 0 Å². The molecule has 0 aliphatic rings. The molecule has 0 unspecified atom stereocenters. The number of hydrogen-bond donors (Lipinski definition) is 1. The van der Waals surface area contributed by atoms with E-state index in [1.807, 2.05) is 0 Å². The fourth-order valence-electron chi connectivity index (χ4n) is 1.47. The molecule has 0 atom stereocenters.